The lowest BCUT2D eigenvalue weighted by atomic mass is 9.84. The van der Waals surface area contributed by atoms with Gasteiger partial charge in [-0.2, -0.15) is 0 Å². The zero-order valence-corrected chi connectivity index (χ0v) is 21.2. The van der Waals surface area contributed by atoms with Crippen LogP contribution < -0.4 is 9.64 Å². The number of nitrogens with zero attached hydrogens (tertiary/aromatic N) is 1. The van der Waals surface area contributed by atoms with Gasteiger partial charge in [-0.1, -0.05) is 26.8 Å². The van der Waals surface area contributed by atoms with E-state index < -0.39 is 17.7 Å². The van der Waals surface area contributed by atoms with Crippen molar-refractivity contribution in [3.8, 4) is 5.75 Å². The van der Waals surface area contributed by atoms with Gasteiger partial charge in [0, 0.05) is 16.8 Å². The van der Waals surface area contributed by atoms with Crippen molar-refractivity contribution in [2.45, 2.75) is 53.0 Å². The maximum atomic E-state index is 13.4. The molecular formula is C29H31NO5. The van der Waals surface area contributed by atoms with Crippen molar-refractivity contribution >= 4 is 23.1 Å². The molecular weight excluding hydrogens is 442 g/mol. The highest BCUT2D eigenvalue weighted by Gasteiger charge is 2.48. The van der Waals surface area contributed by atoms with E-state index in [0.717, 1.165) is 16.7 Å². The molecule has 1 aliphatic heterocycles. The van der Waals surface area contributed by atoms with Crippen molar-refractivity contribution in [1.29, 1.82) is 0 Å². The Labute approximate surface area is 205 Å². The number of ketones is 1. The summed E-state index contributed by atoms with van der Waals surface area (Å²) >= 11 is 0. The number of hydrogen-bond donors (Lipinski definition) is 1. The Morgan fingerprint density at radius 2 is 1.69 bits per heavy atom. The Kier molecular flexibility index (Phi) is 6.09. The maximum absolute atomic E-state index is 13.4. The van der Waals surface area contributed by atoms with Crippen LogP contribution in [0.4, 0.5) is 5.69 Å². The fraction of sp³-hybridized carbons (Fsp3) is 0.310. The van der Waals surface area contributed by atoms with Crippen LogP contribution in [0.2, 0.25) is 0 Å². The van der Waals surface area contributed by atoms with Gasteiger partial charge in [0.25, 0.3) is 11.7 Å². The van der Waals surface area contributed by atoms with Crippen LogP contribution in [0.1, 0.15) is 60.6 Å². The number of rotatable bonds is 4. The minimum absolute atomic E-state index is 0.00685. The Bertz CT molecular complexity index is 1360. The molecule has 0 bridgehead atoms. The number of aliphatic hydroxyl groups excluding tert-OH is 1. The van der Waals surface area contributed by atoms with E-state index in [-0.39, 0.29) is 16.7 Å². The first-order valence-electron chi connectivity index (χ1n) is 11.6. The molecule has 1 aliphatic rings. The Balaban J connectivity index is 1.95. The molecule has 6 heteroatoms. The van der Waals surface area contributed by atoms with Crippen LogP contribution in [0.5, 0.6) is 5.75 Å². The molecule has 6 nitrogen and oxygen atoms in total. The van der Waals surface area contributed by atoms with Gasteiger partial charge in [0.15, 0.2) is 0 Å². The van der Waals surface area contributed by atoms with E-state index >= 15 is 0 Å². The second-order valence-corrected chi connectivity index (χ2v) is 10.1. The largest absolute Gasteiger partial charge is 0.507 e. The van der Waals surface area contributed by atoms with Crippen molar-refractivity contribution in [3.63, 3.8) is 0 Å². The summed E-state index contributed by atoms with van der Waals surface area (Å²) in [6.45, 7) is 11.9. The average molecular weight is 474 g/mol. The first-order chi connectivity index (χ1) is 16.4. The molecule has 1 aromatic heterocycles. The molecule has 182 valence electrons. The summed E-state index contributed by atoms with van der Waals surface area (Å²) in [6, 6.07) is 13.5. The second kappa shape index (κ2) is 8.77. The van der Waals surface area contributed by atoms with E-state index in [4.69, 9.17) is 9.15 Å². The van der Waals surface area contributed by atoms with Crippen LogP contribution in [-0.2, 0) is 15.0 Å². The van der Waals surface area contributed by atoms with E-state index in [2.05, 4.69) is 0 Å². The predicted octanol–water partition coefficient (Wildman–Crippen LogP) is 6.14. The normalized spacial score (nSPS) is 17.8. The van der Waals surface area contributed by atoms with Crippen LogP contribution in [0.15, 0.2) is 58.5 Å². The Morgan fingerprint density at radius 1 is 0.971 bits per heavy atom. The summed E-state index contributed by atoms with van der Waals surface area (Å²) in [4.78, 5) is 28.1. The number of amides is 1. The topological polar surface area (TPSA) is 80.0 Å². The highest BCUT2D eigenvalue weighted by molar-refractivity contribution is 6.51. The molecule has 4 rings (SSSR count). The molecule has 2 heterocycles. The van der Waals surface area contributed by atoms with Gasteiger partial charge in [-0.05, 0) is 79.8 Å². The molecule has 2 aromatic carbocycles. The number of carbonyl (C=O) groups is 2. The third-order valence-electron chi connectivity index (χ3n) is 6.52. The van der Waals surface area contributed by atoms with E-state index in [0.29, 0.717) is 28.5 Å². The van der Waals surface area contributed by atoms with Gasteiger partial charge < -0.3 is 14.3 Å². The van der Waals surface area contributed by atoms with Crippen molar-refractivity contribution in [2.24, 2.45) is 0 Å². The maximum Gasteiger partial charge on any atom is 0.300 e. The lowest BCUT2D eigenvalue weighted by Gasteiger charge is -2.25. The molecule has 1 saturated heterocycles. The molecule has 0 aliphatic carbocycles. The number of benzene rings is 2. The standard InChI is InChI=1S/C29H31NO5/c1-16-8-11-20(14-17(16)2)30-25(23-12-9-18(3)35-23)24(27(32)28(30)33)26(31)19-10-13-22(34-7)21(15-19)29(4,5)6/h8-15,25,31H,1-7H3/b26-24-. The van der Waals surface area contributed by atoms with E-state index in [1.165, 1.54) is 4.90 Å². The Morgan fingerprint density at radius 3 is 2.26 bits per heavy atom. The van der Waals surface area contributed by atoms with Gasteiger partial charge in [-0.3, -0.25) is 14.5 Å². The zero-order valence-electron chi connectivity index (χ0n) is 21.2. The van der Waals surface area contributed by atoms with Crippen LogP contribution in [-0.4, -0.2) is 23.9 Å². The van der Waals surface area contributed by atoms with Crippen molar-refractivity contribution in [1.82, 2.24) is 0 Å². The molecule has 1 unspecified atom stereocenters. The first-order valence-corrected chi connectivity index (χ1v) is 11.6. The third kappa shape index (κ3) is 4.25. The van der Waals surface area contributed by atoms with Crippen LogP contribution in [0.25, 0.3) is 5.76 Å². The molecule has 1 fully saturated rings. The summed E-state index contributed by atoms with van der Waals surface area (Å²) in [5, 5.41) is 11.5. The van der Waals surface area contributed by atoms with E-state index in [1.807, 2.05) is 52.8 Å². The summed E-state index contributed by atoms with van der Waals surface area (Å²) in [6.07, 6.45) is 0. The van der Waals surface area contributed by atoms with Gasteiger partial charge >= 0.3 is 0 Å². The van der Waals surface area contributed by atoms with Gasteiger partial charge in [-0.15, -0.1) is 0 Å². The summed E-state index contributed by atoms with van der Waals surface area (Å²) in [5.41, 5.74) is 3.66. The van der Waals surface area contributed by atoms with E-state index in [9.17, 15) is 14.7 Å². The number of furan rings is 1. The summed E-state index contributed by atoms with van der Waals surface area (Å²) in [5.74, 6) is 0.0206. The fourth-order valence-corrected chi connectivity index (χ4v) is 4.44. The van der Waals surface area contributed by atoms with Gasteiger partial charge in [0.05, 0.1) is 12.7 Å². The molecule has 1 amide bonds. The first kappa shape index (κ1) is 24.3. The lowest BCUT2D eigenvalue weighted by Crippen LogP contribution is -2.29. The molecule has 1 atom stereocenters. The van der Waals surface area contributed by atoms with E-state index in [1.54, 1.807) is 44.4 Å². The van der Waals surface area contributed by atoms with Gasteiger partial charge in [-0.25, -0.2) is 0 Å². The van der Waals surface area contributed by atoms with Crippen LogP contribution in [0.3, 0.4) is 0 Å². The smallest absolute Gasteiger partial charge is 0.300 e. The highest BCUT2D eigenvalue weighted by Crippen LogP contribution is 2.43. The molecule has 3 aromatic rings. The van der Waals surface area contributed by atoms with Gasteiger partial charge in [0.1, 0.15) is 29.1 Å². The molecule has 35 heavy (non-hydrogen) atoms. The Hall–Kier alpha value is -3.80. The summed E-state index contributed by atoms with van der Waals surface area (Å²) < 4.78 is 11.4. The molecule has 0 saturated carbocycles. The zero-order chi connectivity index (χ0) is 25.7. The lowest BCUT2D eigenvalue weighted by molar-refractivity contribution is -0.132. The number of hydrogen-bond acceptors (Lipinski definition) is 5. The average Bonchev–Trinajstić information content (AvgIpc) is 3.35. The van der Waals surface area contributed by atoms with Crippen LogP contribution in [0, 0.1) is 20.8 Å². The quantitative estimate of drug-likeness (QED) is 0.280. The molecule has 1 N–H and O–H groups in total. The molecule has 0 radical (unpaired) electrons. The molecule has 0 spiro atoms. The third-order valence-corrected chi connectivity index (χ3v) is 6.52. The summed E-state index contributed by atoms with van der Waals surface area (Å²) in [7, 11) is 1.60. The van der Waals surface area contributed by atoms with Gasteiger partial charge in [0.2, 0.25) is 0 Å². The predicted molar refractivity (Wildman–Crippen MR) is 136 cm³/mol. The second-order valence-electron chi connectivity index (χ2n) is 10.1. The number of aryl methyl sites for hydroxylation is 3. The minimum atomic E-state index is -0.897. The fourth-order valence-electron chi connectivity index (χ4n) is 4.44. The SMILES string of the molecule is COc1ccc(/C(O)=C2/C(=O)C(=O)N(c3ccc(C)c(C)c3)C2c2ccc(C)o2)cc1C(C)(C)C. The number of methoxy groups -OCH3 is 1. The number of ether oxygens (including phenoxy) is 1. The highest BCUT2D eigenvalue weighted by atomic mass is 16.5. The van der Waals surface area contributed by atoms with Crippen molar-refractivity contribution in [3.05, 3.63) is 87.9 Å². The van der Waals surface area contributed by atoms with Crippen LogP contribution >= 0.6 is 0 Å². The monoisotopic (exact) mass is 473 g/mol. The number of Topliss-reactive ketones (excluding diaryl/α,β-unsaturated/α-hetero) is 1. The minimum Gasteiger partial charge on any atom is -0.507 e. The number of anilines is 1. The van der Waals surface area contributed by atoms with Crippen molar-refractivity contribution in [2.75, 3.05) is 12.0 Å². The number of carbonyl (C=O) groups excluding carboxylic acids is 2. The number of aliphatic hydroxyl groups is 1. The van der Waals surface area contributed by atoms with Crippen molar-refractivity contribution < 1.29 is 23.8 Å².